The van der Waals surface area contributed by atoms with Crippen molar-refractivity contribution in [3.05, 3.63) is 48.0 Å². The summed E-state index contributed by atoms with van der Waals surface area (Å²) in [6.07, 6.45) is 3.86. The third kappa shape index (κ3) is 12.1. The van der Waals surface area contributed by atoms with Gasteiger partial charge in [-0.15, -0.1) is 0 Å². The van der Waals surface area contributed by atoms with Crippen LogP contribution in [0.2, 0.25) is 0 Å². The Bertz CT molecular complexity index is 1570. The molecule has 1 aromatic carbocycles. The van der Waals surface area contributed by atoms with Gasteiger partial charge in [-0.2, -0.15) is 0 Å². The number of phenolic OH excluding ortho intramolecular Hbond substituents is 1. The van der Waals surface area contributed by atoms with Gasteiger partial charge in [-0.1, -0.05) is 26.0 Å². The number of nitrogens with zero attached hydrogens (tertiary/aromatic N) is 2. The van der Waals surface area contributed by atoms with Gasteiger partial charge in [0.05, 0.1) is 12.9 Å². The fourth-order valence-electron chi connectivity index (χ4n) is 5.67. The van der Waals surface area contributed by atoms with Gasteiger partial charge in [0.15, 0.2) is 0 Å². The van der Waals surface area contributed by atoms with Crippen LogP contribution in [0.1, 0.15) is 58.2 Å². The number of aromatic nitrogens is 2. The van der Waals surface area contributed by atoms with E-state index in [2.05, 4.69) is 36.6 Å². The predicted octanol–water partition coefficient (Wildman–Crippen LogP) is -1.56. The number of hydrogen-bond acceptors (Lipinski definition) is 10. The van der Waals surface area contributed by atoms with Gasteiger partial charge in [-0.25, -0.2) is 4.98 Å². The number of imidazole rings is 1. The molecular weight excluding hydrogens is 678 g/mol. The Balaban J connectivity index is 1.72. The second-order valence-corrected chi connectivity index (χ2v) is 13.2. The number of carboxylic acids is 1. The topological polar surface area (TPSA) is 278 Å². The highest BCUT2D eigenvalue weighted by atomic mass is 16.4. The van der Waals surface area contributed by atoms with Crippen LogP contribution in [0.4, 0.5) is 0 Å². The van der Waals surface area contributed by atoms with E-state index in [9.17, 15) is 43.8 Å². The van der Waals surface area contributed by atoms with Crippen molar-refractivity contribution in [1.82, 2.24) is 41.5 Å². The molecule has 2 aromatic rings. The molecule has 6 unspecified atom stereocenters. The lowest BCUT2D eigenvalue weighted by Crippen LogP contribution is -2.59. The zero-order chi connectivity index (χ0) is 38.5. The first-order valence-corrected chi connectivity index (χ1v) is 17.1. The van der Waals surface area contributed by atoms with Crippen LogP contribution in [0.25, 0.3) is 0 Å². The number of amides is 6. The molecule has 0 bridgehead atoms. The van der Waals surface area contributed by atoms with Crippen molar-refractivity contribution in [2.45, 2.75) is 96.1 Å². The van der Waals surface area contributed by atoms with E-state index in [1.165, 1.54) is 43.4 Å². The number of nitrogens with two attached hydrogens (primary N) is 1. The van der Waals surface area contributed by atoms with Crippen LogP contribution >= 0.6 is 0 Å². The van der Waals surface area contributed by atoms with Gasteiger partial charge in [-0.05, 0) is 56.7 Å². The molecule has 1 aromatic heterocycles. The van der Waals surface area contributed by atoms with Crippen molar-refractivity contribution >= 4 is 41.4 Å². The van der Waals surface area contributed by atoms with Crippen molar-refractivity contribution in [2.75, 3.05) is 13.1 Å². The normalized spacial score (nSPS) is 16.9. The van der Waals surface area contributed by atoms with Crippen molar-refractivity contribution < 1.29 is 43.8 Å². The van der Waals surface area contributed by atoms with Gasteiger partial charge < -0.3 is 52.4 Å². The minimum atomic E-state index is -1.26. The lowest BCUT2D eigenvalue weighted by atomic mass is 10.0. The molecule has 18 heteroatoms. The van der Waals surface area contributed by atoms with E-state index in [1.807, 2.05) is 13.8 Å². The molecule has 1 aliphatic heterocycles. The Morgan fingerprint density at radius 1 is 0.865 bits per heavy atom. The first kappa shape index (κ1) is 40.9. The Kier molecular flexibility index (Phi) is 15.1. The first-order valence-electron chi connectivity index (χ1n) is 17.1. The zero-order valence-electron chi connectivity index (χ0n) is 29.7. The molecule has 0 spiro atoms. The van der Waals surface area contributed by atoms with E-state index in [4.69, 9.17) is 5.73 Å². The van der Waals surface area contributed by atoms with E-state index in [1.54, 1.807) is 12.1 Å². The largest absolute Gasteiger partial charge is 0.508 e. The van der Waals surface area contributed by atoms with E-state index in [-0.39, 0.29) is 50.4 Å². The van der Waals surface area contributed by atoms with Gasteiger partial charge in [-0.3, -0.25) is 33.6 Å². The standard InChI is InChI=1S/C34H49N9O9/c1-18(2)12-26(42-29(46)19(3)38-30(47)24(40-28(45)15-35)13-21-7-9-23(44)10-8-21)33(50)43-11-5-6-27(43)32(49)41-25(14-22-16-36-17-37-22)31(48)39-20(4)34(51)52/h7-10,16-20,24-27,44H,5-6,11-15,35H2,1-4H3,(H,36,37)(H,38,47)(H,39,48)(H,40,45)(H,41,49)(H,42,46)(H,51,52). The maximum absolute atomic E-state index is 14.0. The number of hydrogen-bond donors (Lipinski definition) is 9. The summed E-state index contributed by atoms with van der Waals surface area (Å²) in [5.74, 6) is -5.11. The second-order valence-electron chi connectivity index (χ2n) is 13.2. The zero-order valence-corrected chi connectivity index (χ0v) is 29.7. The van der Waals surface area contributed by atoms with Crippen LogP contribution in [-0.2, 0) is 46.4 Å². The van der Waals surface area contributed by atoms with Crippen molar-refractivity contribution in [3.8, 4) is 5.75 Å². The molecule has 1 aliphatic rings. The number of carbonyl (C=O) groups excluding carboxylic acids is 6. The van der Waals surface area contributed by atoms with Crippen molar-refractivity contribution in [1.29, 1.82) is 0 Å². The Labute approximate surface area is 301 Å². The van der Waals surface area contributed by atoms with Crippen LogP contribution < -0.4 is 32.3 Å². The monoisotopic (exact) mass is 727 g/mol. The van der Waals surface area contributed by atoms with Gasteiger partial charge >= 0.3 is 5.97 Å². The molecule has 2 heterocycles. The van der Waals surface area contributed by atoms with Gasteiger partial charge in [0, 0.05) is 31.3 Å². The molecule has 6 atom stereocenters. The number of H-pyrrole nitrogens is 1. The van der Waals surface area contributed by atoms with Crippen molar-refractivity contribution in [3.63, 3.8) is 0 Å². The predicted molar refractivity (Wildman–Crippen MR) is 186 cm³/mol. The first-order chi connectivity index (χ1) is 24.6. The fourth-order valence-corrected chi connectivity index (χ4v) is 5.67. The summed E-state index contributed by atoms with van der Waals surface area (Å²) in [7, 11) is 0. The summed E-state index contributed by atoms with van der Waals surface area (Å²) in [6, 6.07) is -0.641. The average molecular weight is 728 g/mol. The number of carboxylic acid groups (broad SMARTS) is 1. The quantitative estimate of drug-likeness (QED) is 0.0847. The fraction of sp³-hybridized carbons (Fsp3) is 0.529. The Morgan fingerprint density at radius 2 is 1.50 bits per heavy atom. The van der Waals surface area contributed by atoms with Gasteiger partial charge in [0.25, 0.3) is 0 Å². The van der Waals surface area contributed by atoms with Crippen LogP contribution in [0.3, 0.4) is 0 Å². The summed E-state index contributed by atoms with van der Waals surface area (Å²) in [5.41, 5.74) is 6.57. The molecule has 1 fully saturated rings. The smallest absolute Gasteiger partial charge is 0.325 e. The maximum Gasteiger partial charge on any atom is 0.325 e. The summed E-state index contributed by atoms with van der Waals surface area (Å²) >= 11 is 0. The summed E-state index contributed by atoms with van der Waals surface area (Å²) in [6.45, 7) is 6.27. The number of likely N-dealkylation sites (tertiary alicyclic amines) is 1. The second kappa shape index (κ2) is 19.2. The van der Waals surface area contributed by atoms with Gasteiger partial charge in [0.1, 0.15) is 42.0 Å². The number of aliphatic carboxylic acids is 1. The molecule has 52 heavy (non-hydrogen) atoms. The number of phenols is 1. The molecule has 284 valence electrons. The minimum absolute atomic E-state index is 0.0219. The number of rotatable bonds is 18. The molecule has 10 N–H and O–H groups in total. The number of carbonyl (C=O) groups is 7. The van der Waals surface area contributed by atoms with E-state index in [0.29, 0.717) is 17.7 Å². The third-order valence-corrected chi connectivity index (χ3v) is 8.47. The number of aromatic hydroxyl groups is 1. The molecule has 0 radical (unpaired) electrons. The molecule has 1 saturated heterocycles. The minimum Gasteiger partial charge on any atom is -0.508 e. The lowest BCUT2D eigenvalue weighted by Gasteiger charge is -2.31. The molecule has 3 rings (SSSR count). The number of aromatic amines is 1. The lowest BCUT2D eigenvalue weighted by molar-refractivity contribution is -0.143. The SMILES string of the molecule is CC(C)CC(NC(=O)C(C)NC(=O)C(Cc1ccc(O)cc1)NC(=O)CN)C(=O)N1CCCC1C(=O)NC(Cc1cnc[nH]1)C(=O)NC(C)C(=O)O. The number of benzene rings is 1. The molecule has 6 amide bonds. The van der Waals surface area contributed by atoms with E-state index >= 15 is 0 Å². The highest BCUT2D eigenvalue weighted by Crippen LogP contribution is 2.21. The summed E-state index contributed by atoms with van der Waals surface area (Å²) < 4.78 is 0. The van der Waals surface area contributed by atoms with Gasteiger partial charge in [0.2, 0.25) is 35.4 Å². The molecule has 0 aliphatic carbocycles. The number of nitrogens with one attached hydrogen (secondary N) is 6. The van der Waals surface area contributed by atoms with Crippen LogP contribution in [0.5, 0.6) is 5.75 Å². The Hall–Kier alpha value is -5.52. The molecule has 0 saturated carbocycles. The van der Waals surface area contributed by atoms with Crippen molar-refractivity contribution in [2.24, 2.45) is 11.7 Å². The highest BCUT2D eigenvalue weighted by molar-refractivity contribution is 5.97. The van der Waals surface area contributed by atoms with Crippen LogP contribution in [-0.4, -0.2) is 116 Å². The summed E-state index contributed by atoms with van der Waals surface area (Å²) in [4.78, 5) is 98.9. The summed E-state index contributed by atoms with van der Waals surface area (Å²) in [5, 5.41) is 31.7. The van der Waals surface area contributed by atoms with Crippen LogP contribution in [0.15, 0.2) is 36.8 Å². The molecular formula is C34H49N9O9. The third-order valence-electron chi connectivity index (χ3n) is 8.47. The highest BCUT2D eigenvalue weighted by Gasteiger charge is 2.40. The van der Waals surface area contributed by atoms with E-state index in [0.717, 1.165) is 0 Å². The maximum atomic E-state index is 14.0. The van der Waals surface area contributed by atoms with E-state index < -0.39 is 77.7 Å². The Morgan fingerprint density at radius 3 is 2.08 bits per heavy atom. The average Bonchev–Trinajstić information content (AvgIpc) is 3.80. The molecule has 18 nitrogen and oxygen atoms in total. The van der Waals surface area contributed by atoms with Crippen LogP contribution in [0, 0.1) is 5.92 Å².